The average molecular weight is 303 g/mol. The molecule has 0 saturated heterocycles. The minimum atomic E-state index is -0.873. The third-order valence-electron chi connectivity index (χ3n) is 3.79. The van der Waals surface area contributed by atoms with Gasteiger partial charge in [-0.25, -0.2) is 0 Å². The standard InChI is InChI=1S/C17H15ClO3/c18-15-7-3-2-6-13(15)14(17(19)20)10-12-9-11-5-1-4-8-16(11)21-12/h1-8,12,14H,9-10H2,(H,19,20). The number of fused-ring (bicyclic) bond motifs is 1. The van der Waals surface area contributed by atoms with Crippen molar-refractivity contribution in [2.75, 3.05) is 0 Å². The number of carbonyl (C=O) groups is 1. The number of carboxylic acids is 1. The number of carboxylic acid groups (broad SMARTS) is 1. The van der Waals surface area contributed by atoms with Gasteiger partial charge in [0.2, 0.25) is 0 Å². The monoisotopic (exact) mass is 302 g/mol. The normalized spacial score (nSPS) is 17.9. The molecule has 3 rings (SSSR count). The van der Waals surface area contributed by atoms with Crippen molar-refractivity contribution in [3.05, 3.63) is 64.7 Å². The van der Waals surface area contributed by atoms with E-state index in [1.54, 1.807) is 24.3 Å². The summed E-state index contributed by atoms with van der Waals surface area (Å²) in [6, 6.07) is 14.9. The summed E-state index contributed by atoms with van der Waals surface area (Å²) in [5.74, 6) is -0.675. The van der Waals surface area contributed by atoms with Gasteiger partial charge in [0.25, 0.3) is 0 Å². The van der Waals surface area contributed by atoms with E-state index in [1.807, 2.05) is 24.3 Å². The number of para-hydroxylation sites is 1. The van der Waals surface area contributed by atoms with E-state index >= 15 is 0 Å². The fourth-order valence-corrected chi connectivity index (χ4v) is 3.03. The molecule has 1 N–H and O–H groups in total. The first kappa shape index (κ1) is 14.0. The summed E-state index contributed by atoms with van der Waals surface area (Å²) in [4.78, 5) is 11.6. The molecule has 1 aliphatic rings. The maximum atomic E-state index is 11.6. The first-order valence-electron chi connectivity index (χ1n) is 6.87. The number of hydrogen-bond acceptors (Lipinski definition) is 2. The van der Waals surface area contributed by atoms with Gasteiger partial charge in [0, 0.05) is 17.9 Å². The maximum absolute atomic E-state index is 11.6. The average Bonchev–Trinajstić information content (AvgIpc) is 2.88. The first-order chi connectivity index (χ1) is 10.1. The van der Waals surface area contributed by atoms with Gasteiger partial charge < -0.3 is 9.84 Å². The summed E-state index contributed by atoms with van der Waals surface area (Å²) in [5, 5.41) is 10.0. The van der Waals surface area contributed by atoms with Crippen LogP contribution in [0.2, 0.25) is 5.02 Å². The number of hydrogen-bond donors (Lipinski definition) is 1. The summed E-state index contributed by atoms with van der Waals surface area (Å²) in [5.41, 5.74) is 1.78. The summed E-state index contributed by atoms with van der Waals surface area (Å²) >= 11 is 6.13. The van der Waals surface area contributed by atoms with Gasteiger partial charge in [0.1, 0.15) is 11.9 Å². The van der Waals surface area contributed by atoms with Crippen molar-refractivity contribution in [1.29, 1.82) is 0 Å². The Kier molecular flexibility index (Phi) is 3.84. The van der Waals surface area contributed by atoms with E-state index in [1.165, 1.54) is 0 Å². The van der Waals surface area contributed by atoms with Crippen LogP contribution in [0.5, 0.6) is 5.75 Å². The molecule has 0 spiro atoms. The highest BCUT2D eigenvalue weighted by Gasteiger charge is 2.30. The zero-order chi connectivity index (χ0) is 14.8. The molecule has 2 aromatic rings. The molecule has 0 aromatic heterocycles. The van der Waals surface area contributed by atoms with Gasteiger partial charge in [0.05, 0.1) is 5.92 Å². The Hall–Kier alpha value is -2.00. The quantitative estimate of drug-likeness (QED) is 0.931. The second-order valence-electron chi connectivity index (χ2n) is 5.20. The zero-order valence-corrected chi connectivity index (χ0v) is 12.1. The highest BCUT2D eigenvalue weighted by molar-refractivity contribution is 6.31. The van der Waals surface area contributed by atoms with Crippen molar-refractivity contribution in [3.8, 4) is 5.75 Å². The van der Waals surface area contributed by atoms with Crippen LogP contribution in [0.15, 0.2) is 48.5 Å². The minimum Gasteiger partial charge on any atom is -0.490 e. The van der Waals surface area contributed by atoms with E-state index in [9.17, 15) is 9.90 Å². The Morgan fingerprint density at radius 3 is 2.67 bits per heavy atom. The number of benzene rings is 2. The van der Waals surface area contributed by atoms with Crippen molar-refractivity contribution in [2.45, 2.75) is 24.9 Å². The molecular formula is C17H15ClO3. The lowest BCUT2D eigenvalue weighted by molar-refractivity contribution is -0.139. The summed E-state index contributed by atoms with van der Waals surface area (Å²) in [6.07, 6.45) is 1.03. The van der Waals surface area contributed by atoms with Gasteiger partial charge in [-0.2, -0.15) is 0 Å². The van der Waals surface area contributed by atoms with E-state index in [-0.39, 0.29) is 6.10 Å². The Labute approximate surface area is 128 Å². The number of aliphatic carboxylic acids is 1. The molecule has 2 atom stereocenters. The molecule has 1 aliphatic heterocycles. The highest BCUT2D eigenvalue weighted by Crippen LogP contribution is 2.35. The van der Waals surface area contributed by atoms with E-state index in [2.05, 4.69) is 0 Å². The third-order valence-corrected chi connectivity index (χ3v) is 4.14. The lowest BCUT2D eigenvalue weighted by Gasteiger charge is -2.18. The Morgan fingerprint density at radius 2 is 1.95 bits per heavy atom. The molecular weight excluding hydrogens is 288 g/mol. The van der Waals surface area contributed by atoms with E-state index in [4.69, 9.17) is 16.3 Å². The van der Waals surface area contributed by atoms with Crippen LogP contribution in [0.25, 0.3) is 0 Å². The molecule has 2 aromatic carbocycles. The Morgan fingerprint density at radius 1 is 1.24 bits per heavy atom. The lowest BCUT2D eigenvalue weighted by atomic mass is 9.91. The van der Waals surface area contributed by atoms with Gasteiger partial charge in [-0.15, -0.1) is 0 Å². The fourth-order valence-electron chi connectivity index (χ4n) is 2.77. The molecule has 0 fully saturated rings. The molecule has 0 saturated carbocycles. The molecule has 0 aliphatic carbocycles. The minimum absolute atomic E-state index is 0.125. The molecule has 21 heavy (non-hydrogen) atoms. The molecule has 0 bridgehead atoms. The number of ether oxygens (including phenoxy) is 1. The van der Waals surface area contributed by atoms with Crippen LogP contribution in [0.4, 0.5) is 0 Å². The second kappa shape index (κ2) is 5.78. The summed E-state index contributed by atoms with van der Waals surface area (Å²) in [7, 11) is 0. The summed E-state index contributed by atoms with van der Waals surface area (Å²) < 4.78 is 5.84. The van der Waals surface area contributed by atoms with Gasteiger partial charge in [-0.05, 0) is 23.3 Å². The van der Waals surface area contributed by atoms with Gasteiger partial charge in [0.15, 0.2) is 0 Å². The van der Waals surface area contributed by atoms with Crippen molar-refractivity contribution < 1.29 is 14.6 Å². The van der Waals surface area contributed by atoms with Crippen molar-refractivity contribution >= 4 is 17.6 Å². The lowest BCUT2D eigenvalue weighted by Crippen LogP contribution is -2.22. The highest BCUT2D eigenvalue weighted by atomic mass is 35.5. The van der Waals surface area contributed by atoms with Crippen LogP contribution in [0.3, 0.4) is 0 Å². The number of rotatable bonds is 4. The predicted octanol–water partition coefficient (Wildman–Crippen LogP) is 3.90. The second-order valence-corrected chi connectivity index (χ2v) is 5.61. The molecule has 2 unspecified atom stereocenters. The smallest absolute Gasteiger partial charge is 0.311 e. The Bertz CT molecular complexity index is 644. The molecule has 0 radical (unpaired) electrons. The molecule has 3 nitrogen and oxygen atoms in total. The topological polar surface area (TPSA) is 46.5 Å². The molecule has 0 amide bonds. The molecule has 1 heterocycles. The van der Waals surface area contributed by atoms with Crippen LogP contribution >= 0.6 is 11.6 Å². The van der Waals surface area contributed by atoms with E-state index in [0.717, 1.165) is 17.7 Å². The van der Waals surface area contributed by atoms with E-state index in [0.29, 0.717) is 17.0 Å². The maximum Gasteiger partial charge on any atom is 0.311 e. The van der Waals surface area contributed by atoms with Gasteiger partial charge in [-0.3, -0.25) is 4.79 Å². The SMILES string of the molecule is O=C(O)C(CC1Cc2ccccc2O1)c1ccccc1Cl. The number of halogens is 1. The third kappa shape index (κ3) is 2.88. The summed E-state index contributed by atoms with van der Waals surface area (Å²) in [6.45, 7) is 0. The van der Waals surface area contributed by atoms with Crippen molar-refractivity contribution in [3.63, 3.8) is 0 Å². The predicted molar refractivity (Wildman–Crippen MR) is 81.0 cm³/mol. The van der Waals surface area contributed by atoms with Crippen molar-refractivity contribution in [1.82, 2.24) is 0 Å². The first-order valence-corrected chi connectivity index (χ1v) is 7.24. The van der Waals surface area contributed by atoms with Crippen LogP contribution < -0.4 is 4.74 Å². The molecule has 108 valence electrons. The van der Waals surface area contributed by atoms with Crippen LogP contribution in [-0.2, 0) is 11.2 Å². The van der Waals surface area contributed by atoms with E-state index < -0.39 is 11.9 Å². The van der Waals surface area contributed by atoms with Crippen molar-refractivity contribution in [2.24, 2.45) is 0 Å². The van der Waals surface area contributed by atoms with Crippen LogP contribution in [0, 0.1) is 0 Å². The molecule has 4 heteroatoms. The largest absolute Gasteiger partial charge is 0.490 e. The van der Waals surface area contributed by atoms with Crippen LogP contribution in [-0.4, -0.2) is 17.2 Å². The van der Waals surface area contributed by atoms with Gasteiger partial charge >= 0.3 is 5.97 Å². The Balaban J connectivity index is 1.79. The fraction of sp³-hybridized carbons (Fsp3) is 0.235. The van der Waals surface area contributed by atoms with Gasteiger partial charge in [-0.1, -0.05) is 48.0 Å². The zero-order valence-electron chi connectivity index (χ0n) is 11.3. The van der Waals surface area contributed by atoms with Crippen LogP contribution in [0.1, 0.15) is 23.5 Å².